The number of aryl methyl sites for hydroxylation is 1. The Morgan fingerprint density at radius 1 is 1.07 bits per heavy atom. The number of benzene rings is 2. The zero-order valence-electron chi connectivity index (χ0n) is 16.8. The van der Waals surface area contributed by atoms with E-state index in [2.05, 4.69) is 26.1 Å². The van der Waals surface area contributed by atoms with Gasteiger partial charge in [0.2, 0.25) is 5.91 Å². The van der Waals surface area contributed by atoms with Gasteiger partial charge in [-0.2, -0.15) is 0 Å². The van der Waals surface area contributed by atoms with Crippen molar-refractivity contribution in [3.8, 4) is 0 Å². The first-order valence-corrected chi connectivity index (χ1v) is 10.4. The van der Waals surface area contributed by atoms with Crippen molar-refractivity contribution in [2.45, 2.75) is 33.1 Å². The molecule has 1 aliphatic rings. The van der Waals surface area contributed by atoms with Crippen LogP contribution >= 0.6 is 11.8 Å². The van der Waals surface area contributed by atoms with Gasteiger partial charge in [0.25, 0.3) is 11.1 Å². The lowest BCUT2D eigenvalue weighted by molar-refractivity contribution is -0.127. The van der Waals surface area contributed by atoms with Gasteiger partial charge < -0.3 is 5.32 Å². The minimum absolute atomic E-state index is 0.302. The molecule has 1 aliphatic heterocycles. The minimum atomic E-state index is -0.440. The van der Waals surface area contributed by atoms with Gasteiger partial charge in [-0.25, -0.2) is 0 Å². The third-order valence-electron chi connectivity index (χ3n) is 4.72. The SMILES string of the molecule is CCc1ccc(NC(=O)CN2C(=O)S/C(=C/c3ccc(C(C)C)cc3)C2=O)cc1. The van der Waals surface area contributed by atoms with E-state index in [4.69, 9.17) is 0 Å². The first-order valence-electron chi connectivity index (χ1n) is 9.61. The fraction of sp³-hybridized carbons (Fsp3) is 0.261. The summed E-state index contributed by atoms with van der Waals surface area (Å²) < 4.78 is 0. The smallest absolute Gasteiger partial charge is 0.294 e. The van der Waals surface area contributed by atoms with Gasteiger partial charge >= 0.3 is 0 Å². The predicted molar refractivity (Wildman–Crippen MR) is 118 cm³/mol. The Labute approximate surface area is 175 Å². The number of anilines is 1. The molecule has 29 heavy (non-hydrogen) atoms. The molecular weight excluding hydrogens is 384 g/mol. The molecule has 1 N–H and O–H groups in total. The van der Waals surface area contributed by atoms with Crippen molar-refractivity contribution < 1.29 is 14.4 Å². The molecule has 0 aliphatic carbocycles. The number of carbonyl (C=O) groups is 3. The molecule has 0 bridgehead atoms. The molecule has 3 amide bonds. The third kappa shape index (κ3) is 5.15. The normalized spacial score (nSPS) is 15.4. The summed E-state index contributed by atoms with van der Waals surface area (Å²) in [6.07, 6.45) is 2.61. The highest BCUT2D eigenvalue weighted by molar-refractivity contribution is 8.18. The van der Waals surface area contributed by atoms with Crippen LogP contribution in [-0.4, -0.2) is 28.5 Å². The molecule has 6 heteroatoms. The Balaban J connectivity index is 1.65. The largest absolute Gasteiger partial charge is 0.325 e. The predicted octanol–water partition coefficient (Wildman–Crippen LogP) is 5.05. The maximum atomic E-state index is 12.6. The van der Waals surface area contributed by atoms with Crippen LogP contribution in [0.4, 0.5) is 10.5 Å². The Morgan fingerprint density at radius 3 is 2.31 bits per heavy atom. The van der Waals surface area contributed by atoms with Gasteiger partial charge in [-0.15, -0.1) is 0 Å². The second-order valence-corrected chi connectivity index (χ2v) is 8.18. The quantitative estimate of drug-likeness (QED) is 0.680. The van der Waals surface area contributed by atoms with Gasteiger partial charge in [0.1, 0.15) is 6.54 Å². The maximum Gasteiger partial charge on any atom is 0.294 e. The molecule has 0 aromatic heterocycles. The first-order chi connectivity index (χ1) is 13.9. The fourth-order valence-corrected chi connectivity index (χ4v) is 3.77. The molecule has 2 aromatic rings. The monoisotopic (exact) mass is 408 g/mol. The number of nitrogens with zero attached hydrogens (tertiary/aromatic N) is 1. The lowest BCUT2D eigenvalue weighted by Gasteiger charge is -2.12. The molecule has 150 valence electrons. The summed E-state index contributed by atoms with van der Waals surface area (Å²) in [5.74, 6) is -0.420. The summed E-state index contributed by atoms with van der Waals surface area (Å²) in [6, 6.07) is 15.4. The average molecular weight is 409 g/mol. The number of nitrogens with one attached hydrogen (secondary N) is 1. The molecule has 0 unspecified atom stereocenters. The summed E-state index contributed by atoms with van der Waals surface area (Å²) in [6.45, 7) is 5.98. The fourth-order valence-electron chi connectivity index (χ4n) is 2.93. The van der Waals surface area contributed by atoms with Crippen LogP contribution in [0.3, 0.4) is 0 Å². The highest BCUT2D eigenvalue weighted by Crippen LogP contribution is 2.32. The van der Waals surface area contributed by atoms with E-state index in [1.54, 1.807) is 6.08 Å². The van der Waals surface area contributed by atoms with Gasteiger partial charge in [-0.1, -0.05) is 57.2 Å². The molecular formula is C23H24N2O3S. The number of hydrogen-bond acceptors (Lipinski definition) is 4. The summed E-state index contributed by atoms with van der Waals surface area (Å²) >= 11 is 0.859. The summed E-state index contributed by atoms with van der Waals surface area (Å²) in [5, 5.41) is 2.29. The number of hydrogen-bond donors (Lipinski definition) is 1. The highest BCUT2D eigenvalue weighted by atomic mass is 32.2. The van der Waals surface area contributed by atoms with E-state index in [9.17, 15) is 14.4 Å². The van der Waals surface area contributed by atoms with Gasteiger partial charge in [-0.3, -0.25) is 19.3 Å². The lowest BCUT2D eigenvalue weighted by Crippen LogP contribution is -2.36. The number of amides is 3. The number of carbonyl (C=O) groups excluding carboxylic acids is 3. The van der Waals surface area contributed by atoms with Gasteiger partial charge in [0.15, 0.2) is 0 Å². The van der Waals surface area contributed by atoms with Crippen molar-refractivity contribution in [3.05, 3.63) is 70.1 Å². The zero-order valence-corrected chi connectivity index (χ0v) is 17.6. The van der Waals surface area contributed by atoms with Gasteiger partial charge in [0, 0.05) is 5.69 Å². The number of thioether (sulfide) groups is 1. The second-order valence-electron chi connectivity index (χ2n) is 7.19. The van der Waals surface area contributed by atoms with Crippen LogP contribution in [0.2, 0.25) is 0 Å². The van der Waals surface area contributed by atoms with Crippen molar-refractivity contribution in [2.24, 2.45) is 0 Å². The van der Waals surface area contributed by atoms with E-state index in [0.717, 1.165) is 28.6 Å². The summed E-state index contributed by atoms with van der Waals surface area (Å²) in [4.78, 5) is 38.5. The van der Waals surface area contributed by atoms with E-state index < -0.39 is 17.1 Å². The molecule has 1 heterocycles. The first kappa shape index (κ1) is 20.9. The summed E-state index contributed by atoms with van der Waals surface area (Å²) in [5.41, 5.74) is 3.86. The molecule has 1 saturated heterocycles. The number of rotatable bonds is 6. The van der Waals surface area contributed by atoms with Crippen LogP contribution in [-0.2, 0) is 16.0 Å². The second kappa shape index (κ2) is 9.09. The molecule has 5 nitrogen and oxygen atoms in total. The van der Waals surface area contributed by atoms with Crippen molar-refractivity contribution in [1.82, 2.24) is 4.90 Å². The maximum absolute atomic E-state index is 12.6. The molecule has 3 rings (SSSR count). The Kier molecular flexibility index (Phi) is 6.54. The third-order valence-corrected chi connectivity index (χ3v) is 5.63. The zero-order chi connectivity index (χ0) is 21.0. The van der Waals surface area contributed by atoms with E-state index in [0.29, 0.717) is 16.5 Å². The molecule has 0 radical (unpaired) electrons. The van der Waals surface area contributed by atoms with Crippen molar-refractivity contribution in [1.29, 1.82) is 0 Å². The van der Waals surface area contributed by atoms with Crippen LogP contribution in [0.25, 0.3) is 6.08 Å². The lowest BCUT2D eigenvalue weighted by atomic mass is 10.0. The van der Waals surface area contributed by atoms with Gasteiger partial charge in [-0.05, 0) is 59.0 Å². The van der Waals surface area contributed by atoms with Crippen molar-refractivity contribution >= 4 is 40.6 Å². The highest BCUT2D eigenvalue weighted by Gasteiger charge is 2.36. The Hall–Kier alpha value is -2.86. The van der Waals surface area contributed by atoms with E-state index in [1.807, 2.05) is 48.5 Å². The molecule has 0 spiro atoms. The molecule has 1 fully saturated rings. The van der Waals surface area contributed by atoms with Crippen LogP contribution in [0.15, 0.2) is 53.4 Å². The standard InChI is InChI=1S/C23H24N2O3S/c1-4-16-7-11-19(12-8-16)24-21(26)14-25-22(27)20(29-23(25)28)13-17-5-9-18(10-6-17)15(2)3/h5-13,15H,4,14H2,1-3H3,(H,24,26)/b20-13+. The summed E-state index contributed by atoms with van der Waals surface area (Å²) in [7, 11) is 0. The van der Waals surface area contributed by atoms with E-state index in [-0.39, 0.29) is 6.54 Å². The van der Waals surface area contributed by atoms with Crippen LogP contribution in [0.1, 0.15) is 43.4 Å². The molecule has 0 saturated carbocycles. The Morgan fingerprint density at radius 2 is 1.72 bits per heavy atom. The minimum Gasteiger partial charge on any atom is -0.325 e. The van der Waals surface area contributed by atoms with E-state index in [1.165, 1.54) is 11.1 Å². The van der Waals surface area contributed by atoms with Crippen molar-refractivity contribution in [3.63, 3.8) is 0 Å². The van der Waals surface area contributed by atoms with E-state index >= 15 is 0 Å². The topological polar surface area (TPSA) is 66.5 Å². The van der Waals surface area contributed by atoms with Crippen LogP contribution < -0.4 is 5.32 Å². The average Bonchev–Trinajstić information content (AvgIpc) is 2.96. The van der Waals surface area contributed by atoms with Crippen LogP contribution in [0.5, 0.6) is 0 Å². The number of imide groups is 1. The molecule has 2 aromatic carbocycles. The Bertz CT molecular complexity index is 947. The van der Waals surface area contributed by atoms with Crippen molar-refractivity contribution in [2.75, 3.05) is 11.9 Å². The van der Waals surface area contributed by atoms with Gasteiger partial charge in [0.05, 0.1) is 4.91 Å². The van der Waals surface area contributed by atoms with Crippen LogP contribution in [0, 0.1) is 0 Å². The molecule has 0 atom stereocenters.